The van der Waals surface area contributed by atoms with Gasteiger partial charge in [-0.1, -0.05) is 12.1 Å². The fraction of sp³-hybridized carbons (Fsp3) is 0. The molecule has 2 heterocycles. The van der Waals surface area contributed by atoms with Crippen molar-refractivity contribution >= 4 is 28.6 Å². The zero-order valence-electron chi connectivity index (χ0n) is 11.8. The summed E-state index contributed by atoms with van der Waals surface area (Å²) in [4.78, 5) is 23.3. The number of benzene rings is 1. The number of anilines is 1. The second-order valence-electron chi connectivity index (χ2n) is 4.58. The van der Waals surface area contributed by atoms with E-state index < -0.39 is 4.92 Å². The molecule has 23 heavy (non-hydrogen) atoms. The summed E-state index contributed by atoms with van der Waals surface area (Å²) in [5.41, 5.74) is 5.99. The molecule has 1 aromatic carbocycles. The van der Waals surface area contributed by atoms with Crippen molar-refractivity contribution in [2.24, 2.45) is 0 Å². The van der Waals surface area contributed by atoms with Crippen LogP contribution in [-0.4, -0.2) is 15.4 Å². The number of para-hydroxylation sites is 2. The number of hydrogen-bond acceptors (Lipinski definition) is 5. The molecule has 0 unspecified atom stereocenters. The smallest absolute Gasteiger partial charge is 0.294 e. The molecule has 3 rings (SSSR count). The Morgan fingerprint density at radius 2 is 1.87 bits per heavy atom. The number of carbonyl (C=O) groups is 1. The van der Waals surface area contributed by atoms with Crippen LogP contribution >= 0.6 is 11.3 Å². The number of nitro groups is 1. The number of hydrazine groups is 1. The highest BCUT2D eigenvalue weighted by atomic mass is 32.1. The Bertz CT molecular complexity index is 842. The van der Waals surface area contributed by atoms with Crippen LogP contribution < -0.4 is 10.9 Å². The molecule has 8 heteroatoms. The molecule has 0 aliphatic carbocycles. The number of carbonyl (C=O) groups excluding carboxylic acids is 1. The SMILES string of the molecule is O=C(NNc1ccccc1[N+](=O)[O-])c1sccc1-n1cccc1. The average molecular weight is 328 g/mol. The maximum absolute atomic E-state index is 12.3. The molecule has 2 N–H and O–H groups in total. The quantitative estimate of drug-likeness (QED) is 0.556. The van der Waals surface area contributed by atoms with Gasteiger partial charge < -0.3 is 4.57 Å². The van der Waals surface area contributed by atoms with E-state index in [1.807, 2.05) is 40.5 Å². The summed E-state index contributed by atoms with van der Waals surface area (Å²) in [7, 11) is 0. The van der Waals surface area contributed by atoms with Crippen LogP contribution in [0.4, 0.5) is 11.4 Å². The Hall–Kier alpha value is -3.13. The van der Waals surface area contributed by atoms with Crippen LogP contribution in [0.2, 0.25) is 0 Å². The first-order valence-electron chi connectivity index (χ1n) is 6.67. The van der Waals surface area contributed by atoms with Gasteiger partial charge in [-0.05, 0) is 29.6 Å². The minimum Gasteiger partial charge on any atom is -0.322 e. The van der Waals surface area contributed by atoms with E-state index in [-0.39, 0.29) is 17.3 Å². The predicted molar refractivity (Wildman–Crippen MR) is 87.8 cm³/mol. The monoisotopic (exact) mass is 328 g/mol. The lowest BCUT2D eigenvalue weighted by molar-refractivity contribution is -0.384. The summed E-state index contributed by atoms with van der Waals surface area (Å²) in [6.07, 6.45) is 3.68. The van der Waals surface area contributed by atoms with Gasteiger partial charge in [0.05, 0.1) is 10.6 Å². The number of thiophene rings is 1. The minimum atomic E-state index is -0.509. The Labute approximate surface area is 135 Å². The first-order chi connectivity index (χ1) is 11.2. The van der Waals surface area contributed by atoms with Crippen LogP contribution in [-0.2, 0) is 0 Å². The van der Waals surface area contributed by atoms with Crippen molar-refractivity contribution in [2.45, 2.75) is 0 Å². The van der Waals surface area contributed by atoms with Crippen LogP contribution in [0.1, 0.15) is 9.67 Å². The van der Waals surface area contributed by atoms with Gasteiger partial charge in [-0.25, -0.2) is 0 Å². The first-order valence-corrected chi connectivity index (χ1v) is 7.55. The standard InChI is InChI=1S/C15H12N4O3S/c20-15(14-13(7-10-23-14)18-8-3-4-9-18)17-16-11-5-1-2-6-12(11)19(21)22/h1-10,16H,(H,17,20). The highest BCUT2D eigenvalue weighted by Gasteiger charge is 2.16. The normalized spacial score (nSPS) is 10.3. The fourth-order valence-corrected chi connectivity index (χ4v) is 2.88. The Balaban J connectivity index is 1.77. The van der Waals surface area contributed by atoms with Gasteiger partial charge in [0.15, 0.2) is 0 Å². The number of nitrogens with zero attached hydrogens (tertiary/aromatic N) is 2. The molecule has 116 valence electrons. The van der Waals surface area contributed by atoms with Crippen LogP contribution in [0.3, 0.4) is 0 Å². The van der Waals surface area contributed by atoms with Crippen molar-refractivity contribution < 1.29 is 9.72 Å². The minimum absolute atomic E-state index is 0.107. The Kier molecular flexibility index (Phi) is 4.07. The van der Waals surface area contributed by atoms with Gasteiger partial charge in [-0.3, -0.25) is 25.8 Å². The van der Waals surface area contributed by atoms with Gasteiger partial charge in [0.2, 0.25) is 0 Å². The molecule has 0 saturated heterocycles. The van der Waals surface area contributed by atoms with E-state index in [0.717, 1.165) is 5.69 Å². The second kappa shape index (κ2) is 6.32. The molecule has 7 nitrogen and oxygen atoms in total. The third kappa shape index (κ3) is 3.06. The molecule has 0 atom stereocenters. The summed E-state index contributed by atoms with van der Waals surface area (Å²) in [6.45, 7) is 0. The summed E-state index contributed by atoms with van der Waals surface area (Å²) < 4.78 is 1.83. The molecule has 2 aromatic heterocycles. The highest BCUT2D eigenvalue weighted by Crippen LogP contribution is 2.24. The highest BCUT2D eigenvalue weighted by molar-refractivity contribution is 7.12. The zero-order chi connectivity index (χ0) is 16.2. The third-order valence-electron chi connectivity index (χ3n) is 3.14. The molecule has 0 spiro atoms. The van der Waals surface area contributed by atoms with Gasteiger partial charge in [-0.15, -0.1) is 11.3 Å². The van der Waals surface area contributed by atoms with E-state index in [9.17, 15) is 14.9 Å². The number of rotatable bonds is 5. The molecule has 3 aromatic rings. The van der Waals surface area contributed by atoms with E-state index in [2.05, 4.69) is 10.9 Å². The van der Waals surface area contributed by atoms with Crippen LogP contribution in [0.15, 0.2) is 60.2 Å². The van der Waals surface area contributed by atoms with Gasteiger partial charge in [0, 0.05) is 18.5 Å². The summed E-state index contributed by atoms with van der Waals surface area (Å²) in [6, 6.07) is 11.7. The summed E-state index contributed by atoms with van der Waals surface area (Å²) in [5, 5.41) is 12.8. The average Bonchev–Trinajstić information content (AvgIpc) is 3.23. The third-order valence-corrected chi connectivity index (χ3v) is 4.05. The number of amides is 1. The van der Waals surface area contributed by atoms with Gasteiger partial charge in [0.25, 0.3) is 11.6 Å². The van der Waals surface area contributed by atoms with E-state index in [1.165, 1.54) is 23.5 Å². The van der Waals surface area contributed by atoms with E-state index in [0.29, 0.717) is 4.88 Å². The molecular weight excluding hydrogens is 316 g/mol. The van der Waals surface area contributed by atoms with Crippen molar-refractivity contribution in [3.63, 3.8) is 0 Å². The maximum Gasteiger partial charge on any atom is 0.294 e. The van der Waals surface area contributed by atoms with Gasteiger partial charge in [0.1, 0.15) is 10.6 Å². The lowest BCUT2D eigenvalue weighted by Gasteiger charge is -2.09. The fourth-order valence-electron chi connectivity index (χ4n) is 2.09. The summed E-state index contributed by atoms with van der Waals surface area (Å²) in [5.74, 6) is -0.359. The number of nitrogens with one attached hydrogen (secondary N) is 2. The lowest BCUT2D eigenvalue weighted by atomic mass is 10.3. The predicted octanol–water partition coefficient (Wildman–Crippen LogP) is 3.20. The van der Waals surface area contributed by atoms with E-state index in [4.69, 9.17) is 0 Å². The van der Waals surface area contributed by atoms with Crippen LogP contribution in [0, 0.1) is 10.1 Å². The molecule has 0 fully saturated rings. The van der Waals surface area contributed by atoms with Crippen LogP contribution in [0.5, 0.6) is 0 Å². The molecule has 1 amide bonds. The molecule has 0 aliphatic rings. The van der Waals surface area contributed by atoms with Crippen molar-refractivity contribution in [3.05, 3.63) is 75.2 Å². The number of nitro benzene ring substituents is 1. The van der Waals surface area contributed by atoms with Gasteiger partial charge >= 0.3 is 0 Å². The molecule has 0 bridgehead atoms. The summed E-state index contributed by atoms with van der Waals surface area (Å²) >= 11 is 1.29. The Morgan fingerprint density at radius 1 is 1.13 bits per heavy atom. The van der Waals surface area contributed by atoms with Crippen molar-refractivity contribution in [3.8, 4) is 5.69 Å². The molecular formula is C15H12N4O3S. The van der Waals surface area contributed by atoms with Gasteiger partial charge in [-0.2, -0.15) is 0 Å². The lowest BCUT2D eigenvalue weighted by Crippen LogP contribution is -2.29. The van der Waals surface area contributed by atoms with Crippen molar-refractivity contribution in [1.82, 2.24) is 9.99 Å². The van der Waals surface area contributed by atoms with Crippen LogP contribution in [0.25, 0.3) is 5.69 Å². The largest absolute Gasteiger partial charge is 0.322 e. The zero-order valence-corrected chi connectivity index (χ0v) is 12.6. The topological polar surface area (TPSA) is 89.2 Å². The first kappa shape index (κ1) is 14.8. The molecule has 0 saturated carbocycles. The number of hydrogen-bond donors (Lipinski definition) is 2. The number of aromatic nitrogens is 1. The second-order valence-corrected chi connectivity index (χ2v) is 5.49. The molecule has 0 radical (unpaired) electrons. The van der Waals surface area contributed by atoms with Crippen molar-refractivity contribution in [2.75, 3.05) is 5.43 Å². The Morgan fingerprint density at radius 3 is 2.61 bits per heavy atom. The van der Waals surface area contributed by atoms with E-state index >= 15 is 0 Å². The van der Waals surface area contributed by atoms with E-state index in [1.54, 1.807) is 12.1 Å². The maximum atomic E-state index is 12.3. The molecule has 0 aliphatic heterocycles. The van der Waals surface area contributed by atoms with Crippen molar-refractivity contribution in [1.29, 1.82) is 0 Å².